The van der Waals surface area contributed by atoms with Gasteiger partial charge in [0.25, 0.3) is 11.4 Å². The van der Waals surface area contributed by atoms with Crippen LogP contribution >= 0.6 is 23.2 Å². The van der Waals surface area contributed by atoms with E-state index in [1.54, 1.807) is 12.1 Å². The van der Waals surface area contributed by atoms with E-state index < -0.39 is 21.5 Å². The maximum absolute atomic E-state index is 11.7. The first kappa shape index (κ1) is 32.2. The Morgan fingerprint density at radius 2 is 1.41 bits per heavy atom. The minimum atomic E-state index is -0.516. The first-order valence-electron chi connectivity index (χ1n) is 13.3. The van der Waals surface area contributed by atoms with Crippen molar-refractivity contribution in [1.29, 1.82) is 0 Å². The quantitative estimate of drug-likeness (QED) is 0.299. The molecule has 0 bridgehead atoms. The van der Waals surface area contributed by atoms with Gasteiger partial charge in [-0.15, -0.1) is 0 Å². The molecular weight excluding hydrogens is 575 g/mol. The Hall–Kier alpha value is -3.35. The Bertz CT molecular complexity index is 1260. The second kappa shape index (κ2) is 14.0. The van der Waals surface area contributed by atoms with Crippen LogP contribution in [0.15, 0.2) is 36.4 Å². The van der Waals surface area contributed by atoms with Crippen molar-refractivity contribution in [3.05, 3.63) is 66.7 Å². The normalized spacial score (nSPS) is 18.5. The molecule has 2 fully saturated rings. The second-order valence-corrected chi connectivity index (χ2v) is 11.9. The molecule has 2 aromatic rings. The third-order valence-corrected chi connectivity index (χ3v) is 7.41. The molecule has 0 saturated carbocycles. The summed E-state index contributed by atoms with van der Waals surface area (Å²) < 4.78 is 5.22. The molecule has 0 unspecified atom stereocenters. The number of nitrogens with two attached hydrogens (primary N) is 1. The fourth-order valence-electron chi connectivity index (χ4n) is 4.74. The predicted molar refractivity (Wildman–Crippen MR) is 160 cm³/mol. The van der Waals surface area contributed by atoms with Crippen LogP contribution < -0.4 is 20.9 Å². The third-order valence-electron chi connectivity index (χ3n) is 6.80. The average Bonchev–Trinajstić information content (AvgIpc) is 3.56. The number of alkyl carbamates (subject to hydrolysis) is 1. The van der Waals surface area contributed by atoms with Crippen molar-refractivity contribution in [3.8, 4) is 0 Å². The van der Waals surface area contributed by atoms with Gasteiger partial charge in [-0.3, -0.25) is 20.2 Å². The van der Waals surface area contributed by atoms with Crippen molar-refractivity contribution in [1.82, 2.24) is 5.32 Å². The summed E-state index contributed by atoms with van der Waals surface area (Å²) in [5.74, 6) is 0.769. The molecule has 3 N–H and O–H groups in total. The van der Waals surface area contributed by atoms with Crippen molar-refractivity contribution >= 4 is 52.0 Å². The number of nitrogens with one attached hydrogen (secondary N) is 1. The maximum atomic E-state index is 11.7. The number of halogens is 2. The van der Waals surface area contributed by atoms with Crippen molar-refractivity contribution in [2.24, 2.45) is 17.6 Å². The van der Waals surface area contributed by atoms with E-state index in [1.165, 1.54) is 24.3 Å². The number of nitro groups is 2. The van der Waals surface area contributed by atoms with Gasteiger partial charge in [0.15, 0.2) is 0 Å². The van der Waals surface area contributed by atoms with Gasteiger partial charge < -0.3 is 25.6 Å². The number of anilines is 2. The van der Waals surface area contributed by atoms with Crippen LogP contribution in [0.1, 0.15) is 33.6 Å². The largest absolute Gasteiger partial charge is 0.444 e. The van der Waals surface area contributed by atoms with Crippen LogP contribution in [0.3, 0.4) is 0 Å². The van der Waals surface area contributed by atoms with Crippen molar-refractivity contribution in [2.75, 3.05) is 49.1 Å². The number of carbonyl (C=O) groups is 1. The molecule has 41 heavy (non-hydrogen) atoms. The highest BCUT2D eigenvalue weighted by Gasteiger charge is 2.26. The highest BCUT2D eigenvalue weighted by atomic mass is 35.5. The monoisotopic (exact) mass is 610 g/mol. The highest BCUT2D eigenvalue weighted by Crippen LogP contribution is 2.34. The number of rotatable bonds is 7. The standard InChI is InChI=1S/C16H22ClN3O4.C11H14ClN3O2/c1-16(2,3)24-15(21)18-9-11-6-7-19(10-11)14-5-4-12(20(22)23)8-13(14)17;12-10-5-9(15(16)17)1-2-11(10)14-4-3-8(6-13)7-14/h4-5,8,11H,6-7,9-10H2,1-3H3,(H,18,21);1-2,5,8H,3-4,6-7,13H2/t11-;8-/m11/s1. The van der Waals surface area contributed by atoms with E-state index in [1.807, 2.05) is 20.8 Å². The molecule has 0 spiro atoms. The SMILES string of the molecule is CC(C)(C)OC(=O)NC[C@H]1CCN(c2ccc([N+](=O)[O-])cc2Cl)C1.NC[C@H]1CCN(c2ccc([N+](=O)[O-])cc2Cl)C1. The van der Waals surface area contributed by atoms with E-state index in [-0.39, 0.29) is 17.3 Å². The lowest BCUT2D eigenvalue weighted by molar-refractivity contribution is -0.385. The molecule has 2 heterocycles. The summed E-state index contributed by atoms with van der Waals surface area (Å²) in [6.45, 7) is 9.94. The molecule has 2 aromatic carbocycles. The summed E-state index contributed by atoms with van der Waals surface area (Å²) in [6.07, 6.45) is 1.53. The lowest BCUT2D eigenvalue weighted by Crippen LogP contribution is -2.36. The summed E-state index contributed by atoms with van der Waals surface area (Å²) >= 11 is 12.2. The minimum Gasteiger partial charge on any atom is -0.444 e. The first-order valence-corrected chi connectivity index (χ1v) is 14.1. The molecular formula is C27H36Cl2N6O6. The molecule has 2 saturated heterocycles. The van der Waals surface area contributed by atoms with E-state index in [2.05, 4.69) is 15.1 Å². The molecule has 224 valence electrons. The van der Waals surface area contributed by atoms with Gasteiger partial charge in [-0.2, -0.15) is 0 Å². The molecule has 4 rings (SSSR count). The first-order chi connectivity index (χ1) is 19.3. The maximum Gasteiger partial charge on any atom is 0.407 e. The van der Waals surface area contributed by atoms with E-state index in [0.29, 0.717) is 29.1 Å². The molecule has 1 amide bonds. The summed E-state index contributed by atoms with van der Waals surface area (Å²) in [7, 11) is 0. The summed E-state index contributed by atoms with van der Waals surface area (Å²) in [4.78, 5) is 36.4. The molecule has 14 heteroatoms. The summed E-state index contributed by atoms with van der Waals surface area (Å²) in [5, 5.41) is 24.9. The fraction of sp³-hybridized carbons (Fsp3) is 0.519. The molecule has 0 aromatic heterocycles. The average molecular weight is 612 g/mol. The Morgan fingerprint density at radius 3 is 1.80 bits per heavy atom. The Morgan fingerprint density at radius 1 is 0.951 bits per heavy atom. The van der Waals surface area contributed by atoms with Gasteiger partial charge in [-0.1, -0.05) is 23.2 Å². The van der Waals surface area contributed by atoms with Gasteiger partial charge >= 0.3 is 6.09 Å². The van der Waals surface area contributed by atoms with Gasteiger partial charge in [-0.05, 0) is 64.1 Å². The highest BCUT2D eigenvalue weighted by molar-refractivity contribution is 6.33. The molecule has 0 radical (unpaired) electrons. The van der Waals surface area contributed by atoms with Crippen LogP contribution in [0.25, 0.3) is 0 Å². The van der Waals surface area contributed by atoms with E-state index in [4.69, 9.17) is 33.7 Å². The van der Waals surface area contributed by atoms with Crippen molar-refractivity contribution in [2.45, 2.75) is 39.2 Å². The zero-order valence-electron chi connectivity index (χ0n) is 23.3. The number of nitrogens with zero attached hydrogens (tertiary/aromatic N) is 4. The summed E-state index contributed by atoms with van der Waals surface area (Å²) in [5.41, 5.74) is 6.75. The molecule has 2 aliphatic rings. The zero-order chi connectivity index (χ0) is 30.3. The van der Waals surface area contributed by atoms with E-state index in [9.17, 15) is 25.0 Å². The van der Waals surface area contributed by atoms with Crippen LogP contribution in [-0.4, -0.2) is 60.8 Å². The number of carbonyl (C=O) groups excluding carboxylic acids is 1. The van der Waals surface area contributed by atoms with E-state index >= 15 is 0 Å². The molecule has 2 aliphatic heterocycles. The number of non-ortho nitro benzene ring substituents is 2. The Kier molecular flexibility index (Phi) is 11.0. The van der Waals surface area contributed by atoms with Crippen LogP contribution in [0.2, 0.25) is 10.0 Å². The van der Waals surface area contributed by atoms with Gasteiger partial charge in [0.1, 0.15) is 5.60 Å². The lowest BCUT2D eigenvalue weighted by atomic mass is 10.1. The molecule has 0 aliphatic carbocycles. The van der Waals surface area contributed by atoms with Gasteiger partial charge in [0, 0.05) is 57.0 Å². The van der Waals surface area contributed by atoms with Crippen molar-refractivity contribution in [3.63, 3.8) is 0 Å². The summed E-state index contributed by atoms with van der Waals surface area (Å²) in [6, 6.07) is 9.07. The van der Waals surface area contributed by atoms with Crippen LogP contribution in [0.4, 0.5) is 27.5 Å². The second-order valence-electron chi connectivity index (χ2n) is 11.1. The smallest absolute Gasteiger partial charge is 0.407 e. The van der Waals surface area contributed by atoms with Crippen LogP contribution in [0.5, 0.6) is 0 Å². The number of ether oxygens (including phenoxy) is 1. The fourth-order valence-corrected chi connectivity index (χ4v) is 5.32. The number of amides is 1. The van der Waals surface area contributed by atoms with Crippen molar-refractivity contribution < 1.29 is 19.4 Å². The van der Waals surface area contributed by atoms with Gasteiger partial charge in [0.05, 0.1) is 31.3 Å². The molecule has 2 atom stereocenters. The van der Waals surface area contributed by atoms with E-state index in [0.717, 1.165) is 50.4 Å². The number of nitro benzene ring substituents is 2. The Balaban J connectivity index is 0.000000239. The Labute approximate surface area is 249 Å². The topological polar surface area (TPSA) is 157 Å². The molecule has 12 nitrogen and oxygen atoms in total. The number of hydrogen-bond acceptors (Lipinski definition) is 9. The van der Waals surface area contributed by atoms with Gasteiger partial charge in [0.2, 0.25) is 0 Å². The lowest BCUT2D eigenvalue weighted by Gasteiger charge is -2.21. The minimum absolute atomic E-state index is 0.0216. The van der Waals surface area contributed by atoms with Crippen LogP contribution in [0, 0.1) is 32.1 Å². The van der Waals surface area contributed by atoms with Gasteiger partial charge in [-0.25, -0.2) is 4.79 Å². The zero-order valence-corrected chi connectivity index (χ0v) is 24.9. The predicted octanol–water partition coefficient (Wildman–Crippen LogP) is 5.63. The van der Waals surface area contributed by atoms with Crippen LogP contribution in [-0.2, 0) is 4.74 Å². The third kappa shape index (κ3) is 9.34. The number of benzene rings is 2. The number of hydrogen-bond donors (Lipinski definition) is 2.